The number of nitrogens with zero attached hydrogens (tertiary/aromatic N) is 1. The first-order valence-electron chi connectivity index (χ1n) is 9.14. The second kappa shape index (κ2) is 8.88. The molecule has 0 fully saturated rings. The topological polar surface area (TPSA) is 96.9 Å². The zero-order valence-corrected chi connectivity index (χ0v) is 16.5. The average molecular weight is 401 g/mol. The highest BCUT2D eigenvalue weighted by atomic mass is 32.2. The maximum absolute atomic E-state index is 12.5. The van der Waals surface area contributed by atoms with Crippen molar-refractivity contribution in [2.24, 2.45) is 4.99 Å². The zero-order chi connectivity index (χ0) is 20.0. The summed E-state index contributed by atoms with van der Waals surface area (Å²) >= 11 is 0. The van der Waals surface area contributed by atoms with Gasteiger partial charge in [-0.1, -0.05) is 25.1 Å². The minimum atomic E-state index is -3.73. The largest absolute Gasteiger partial charge is 0.484 e. The number of sulfonamides is 1. The number of rotatable bonds is 7. The highest BCUT2D eigenvalue weighted by Gasteiger charge is 2.18. The van der Waals surface area contributed by atoms with E-state index in [1.54, 1.807) is 18.2 Å². The summed E-state index contributed by atoms with van der Waals surface area (Å²) in [6, 6.07) is 13.6. The van der Waals surface area contributed by atoms with Gasteiger partial charge in [0.1, 0.15) is 11.6 Å². The van der Waals surface area contributed by atoms with E-state index in [1.165, 1.54) is 12.1 Å². The first kappa shape index (κ1) is 19.9. The average Bonchev–Trinajstić information content (AvgIpc) is 3.19. The molecule has 2 aromatic rings. The molecule has 0 atom stereocenters. The van der Waals surface area contributed by atoms with Crippen LogP contribution in [0.2, 0.25) is 0 Å². The van der Waals surface area contributed by atoms with Gasteiger partial charge in [-0.15, -0.1) is 0 Å². The quantitative estimate of drug-likeness (QED) is 0.745. The summed E-state index contributed by atoms with van der Waals surface area (Å²) in [7, 11) is -3.73. The Bertz CT molecular complexity index is 986. The predicted molar refractivity (Wildman–Crippen MR) is 108 cm³/mol. The maximum atomic E-state index is 12.5. The summed E-state index contributed by atoms with van der Waals surface area (Å²) in [5.41, 5.74) is 1.50. The first-order chi connectivity index (χ1) is 13.5. The van der Waals surface area contributed by atoms with E-state index in [0.717, 1.165) is 18.4 Å². The predicted octanol–water partition coefficient (Wildman–Crippen LogP) is 2.74. The molecule has 1 heterocycles. The summed E-state index contributed by atoms with van der Waals surface area (Å²) in [6.45, 7) is 2.51. The molecule has 0 aliphatic carbocycles. The van der Waals surface area contributed by atoms with Crippen LogP contribution in [0.1, 0.15) is 25.3 Å². The lowest BCUT2D eigenvalue weighted by Gasteiger charge is -2.11. The van der Waals surface area contributed by atoms with Crippen molar-refractivity contribution in [3.8, 4) is 5.75 Å². The standard InChI is InChI=1S/C20H23N3O4S/c1-2-15-6-3-8-17(12-15)27-14-20(24)22-16-7-4-9-18(13-16)28(25,26)23-19-10-5-11-21-19/h3-4,6-9,12-13H,2,5,10-11,14H2,1H3,(H,21,23)(H,22,24). The van der Waals surface area contributed by atoms with Crippen LogP contribution in [0.4, 0.5) is 5.69 Å². The fourth-order valence-electron chi connectivity index (χ4n) is 2.78. The molecule has 0 spiro atoms. The Morgan fingerprint density at radius 2 is 2.00 bits per heavy atom. The maximum Gasteiger partial charge on any atom is 0.262 e. The van der Waals surface area contributed by atoms with E-state index < -0.39 is 10.0 Å². The third-order valence-electron chi connectivity index (χ3n) is 4.23. The smallest absolute Gasteiger partial charge is 0.262 e. The molecule has 148 valence electrons. The SMILES string of the molecule is CCc1cccc(OCC(=O)Nc2cccc(S(=O)(=O)NC3=NCCC3)c2)c1. The molecule has 0 saturated carbocycles. The third-order valence-corrected chi connectivity index (χ3v) is 5.61. The number of amidine groups is 1. The lowest BCUT2D eigenvalue weighted by Crippen LogP contribution is -2.29. The van der Waals surface area contributed by atoms with Gasteiger partial charge in [0.05, 0.1) is 4.90 Å². The molecule has 2 N–H and O–H groups in total. The van der Waals surface area contributed by atoms with Gasteiger partial charge in [0.25, 0.3) is 15.9 Å². The summed E-state index contributed by atoms with van der Waals surface area (Å²) in [5, 5.41) is 2.66. The van der Waals surface area contributed by atoms with Crippen LogP contribution >= 0.6 is 0 Å². The second-order valence-corrected chi connectivity index (χ2v) is 8.09. The van der Waals surface area contributed by atoms with E-state index in [1.807, 2.05) is 25.1 Å². The highest BCUT2D eigenvalue weighted by Crippen LogP contribution is 2.17. The molecular weight excluding hydrogens is 378 g/mol. The van der Waals surface area contributed by atoms with Gasteiger partial charge in [0.15, 0.2) is 6.61 Å². The number of nitrogens with one attached hydrogen (secondary N) is 2. The van der Waals surface area contributed by atoms with Gasteiger partial charge in [-0.2, -0.15) is 0 Å². The number of benzene rings is 2. The molecule has 1 aliphatic rings. The van der Waals surface area contributed by atoms with Crippen molar-refractivity contribution in [2.45, 2.75) is 31.1 Å². The Hall–Kier alpha value is -2.87. The van der Waals surface area contributed by atoms with E-state index in [4.69, 9.17) is 4.74 Å². The van der Waals surface area contributed by atoms with E-state index >= 15 is 0 Å². The molecule has 0 radical (unpaired) electrons. The van der Waals surface area contributed by atoms with Crippen molar-refractivity contribution in [1.29, 1.82) is 0 Å². The van der Waals surface area contributed by atoms with Crippen LogP contribution in [0.15, 0.2) is 58.4 Å². The van der Waals surface area contributed by atoms with Crippen molar-refractivity contribution in [3.63, 3.8) is 0 Å². The molecule has 0 bridgehead atoms. The molecular formula is C20H23N3O4S. The summed E-state index contributed by atoms with van der Waals surface area (Å²) in [4.78, 5) is 16.3. The van der Waals surface area contributed by atoms with Crippen molar-refractivity contribution in [3.05, 3.63) is 54.1 Å². The molecule has 1 amide bonds. The fourth-order valence-corrected chi connectivity index (χ4v) is 3.91. The number of carbonyl (C=O) groups excluding carboxylic acids is 1. The van der Waals surface area contributed by atoms with Crippen LogP contribution in [0.25, 0.3) is 0 Å². The van der Waals surface area contributed by atoms with Crippen LogP contribution in [-0.4, -0.2) is 33.3 Å². The first-order valence-corrected chi connectivity index (χ1v) is 10.6. The molecule has 1 aliphatic heterocycles. The number of aliphatic imine (C=N–C) groups is 1. The Morgan fingerprint density at radius 3 is 2.75 bits per heavy atom. The molecule has 3 rings (SSSR count). The Balaban J connectivity index is 1.61. The number of aryl methyl sites for hydroxylation is 1. The Labute approximate surface area is 164 Å². The normalized spacial score (nSPS) is 13.7. The van der Waals surface area contributed by atoms with Gasteiger partial charge in [0, 0.05) is 18.7 Å². The Morgan fingerprint density at radius 1 is 1.18 bits per heavy atom. The van der Waals surface area contributed by atoms with Crippen LogP contribution < -0.4 is 14.8 Å². The Kier molecular flexibility index (Phi) is 6.30. The molecule has 0 saturated heterocycles. The summed E-state index contributed by atoms with van der Waals surface area (Å²) in [5.74, 6) is 0.717. The van der Waals surface area contributed by atoms with Gasteiger partial charge in [0.2, 0.25) is 0 Å². The molecule has 0 aromatic heterocycles. The van der Waals surface area contributed by atoms with Crippen molar-refractivity contribution >= 4 is 27.5 Å². The van der Waals surface area contributed by atoms with Crippen LogP contribution in [0.5, 0.6) is 5.75 Å². The van der Waals surface area contributed by atoms with Gasteiger partial charge in [-0.3, -0.25) is 14.5 Å². The lowest BCUT2D eigenvalue weighted by atomic mass is 10.2. The number of hydrogen-bond donors (Lipinski definition) is 2. The van der Waals surface area contributed by atoms with Crippen molar-refractivity contribution in [1.82, 2.24) is 4.72 Å². The number of amides is 1. The monoisotopic (exact) mass is 401 g/mol. The van der Waals surface area contributed by atoms with E-state index in [2.05, 4.69) is 15.0 Å². The fraction of sp³-hybridized carbons (Fsp3) is 0.300. The van der Waals surface area contributed by atoms with Crippen LogP contribution in [0, 0.1) is 0 Å². The summed E-state index contributed by atoms with van der Waals surface area (Å²) < 4.78 is 32.9. The van der Waals surface area contributed by atoms with Crippen LogP contribution in [-0.2, 0) is 21.2 Å². The number of ether oxygens (including phenoxy) is 1. The van der Waals surface area contributed by atoms with Crippen LogP contribution in [0.3, 0.4) is 0 Å². The molecule has 7 nitrogen and oxygen atoms in total. The molecule has 2 aromatic carbocycles. The zero-order valence-electron chi connectivity index (χ0n) is 15.6. The molecule has 0 unspecified atom stereocenters. The summed E-state index contributed by atoms with van der Waals surface area (Å²) in [6.07, 6.45) is 2.34. The second-order valence-electron chi connectivity index (χ2n) is 6.40. The molecule has 8 heteroatoms. The lowest BCUT2D eigenvalue weighted by molar-refractivity contribution is -0.118. The van der Waals surface area contributed by atoms with Crippen molar-refractivity contribution in [2.75, 3.05) is 18.5 Å². The van der Waals surface area contributed by atoms with E-state index in [0.29, 0.717) is 30.2 Å². The minimum Gasteiger partial charge on any atom is -0.484 e. The third kappa shape index (κ3) is 5.32. The highest BCUT2D eigenvalue weighted by molar-refractivity contribution is 7.90. The number of anilines is 1. The van der Waals surface area contributed by atoms with Gasteiger partial charge < -0.3 is 10.1 Å². The van der Waals surface area contributed by atoms with Gasteiger partial charge in [-0.25, -0.2) is 8.42 Å². The number of hydrogen-bond acceptors (Lipinski definition) is 5. The number of carbonyl (C=O) groups is 1. The van der Waals surface area contributed by atoms with Crippen molar-refractivity contribution < 1.29 is 17.9 Å². The van der Waals surface area contributed by atoms with E-state index in [-0.39, 0.29) is 17.4 Å². The van der Waals surface area contributed by atoms with E-state index in [9.17, 15) is 13.2 Å². The van der Waals surface area contributed by atoms with Gasteiger partial charge in [-0.05, 0) is 48.7 Å². The van der Waals surface area contributed by atoms with Gasteiger partial charge >= 0.3 is 0 Å². The molecule has 28 heavy (non-hydrogen) atoms. The minimum absolute atomic E-state index is 0.0662.